The van der Waals surface area contributed by atoms with Crippen LogP contribution in [-0.2, 0) is 0 Å². The molecule has 1 unspecified atom stereocenters. The number of aromatic nitrogens is 1. The van der Waals surface area contributed by atoms with E-state index in [0.717, 1.165) is 42.4 Å². The largest absolute Gasteiger partial charge is 0.360 e. The number of rotatable bonds is 3. The molecule has 1 aromatic heterocycles. The Morgan fingerprint density at radius 3 is 2.76 bits per heavy atom. The minimum absolute atomic E-state index is 0. The number of hydrogen-bond donors (Lipinski definition) is 3. The Morgan fingerprint density at radius 1 is 1.29 bits per heavy atom. The highest BCUT2D eigenvalue weighted by molar-refractivity contribution is 6.06. The van der Waals surface area contributed by atoms with Crippen LogP contribution in [0.25, 0.3) is 10.9 Å². The maximum Gasteiger partial charge on any atom is 0.253 e. The van der Waals surface area contributed by atoms with Gasteiger partial charge in [0.1, 0.15) is 0 Å². The van der Waals surface area contributed by atoms with Crippen LogP contribution in [0, 0.1) is 5.92 Å². The molecule has 0 radical (unpaired) electrons. The molecule has 0 spiro atoms. The fourth-order valence-corrected chi connectivity index (χ4v) is 3.01. The number of H-pyrrole nitrogens is 1. The number of benzene rings is 1. The van der Waals surface area contributed by atoms with Gasteiger partial charge in [0.15, 0.2) is 0 Å². The van der Waals surface area contributed by atoms with Crippen molar-refractivity contribution >= 4 is 29.2 Å². The molecule has 1 aliphatic heterocycles. The van der Waals surface area contributed by atoms with Gasteiger partial charge in [0, 0.05) is 23.1 Å². The molecule has 0 saturated carbocycles. The van der Waals surface area contributed by atoms with Gasteiger partial charge in [-0.2, -0.15) is 0 Å². The molecule has 2 heterocycles. The summed E-state index contributed by atoms with van der Waals surface area (Å²) in [6, 6.07) is 8.12. The van der Waals surface area contributed by atoms with Gasteiger partial charge in [0.25, 0.3) is 5.91 Å². The first-order valence-electron chi connectivity index (χ1n) is 7.33. The van der Waals surface area contributed by atoms with Crippen LogP contribution in [0.2, 0.25) is 0 Å². The van der Waals surface area contributed by atoms with E-state index >= 15 is 0 Å². The number of para-hydroxylation sites is 1. The molecular weight excluding hydrogens is 286 g/mol. The number of hydrogen-bond acceptors (Lipinski definition) is 2. The molecule has 4 nitrogen and oxygen atoms in total. The molecule has 1 atom stereocenters. The molecule has 3 N–H and O–H groups in total. The van der Waals surface area contributed by atoms with Crippen LogP contribution in [0.15, 0.2) is 30.5 Å². The maximum absolute atomic E-state index is 12.4. The molecule has 1 saturated heterocycles. The Labute approximate surface area is 131 Å². The van der Waals surface area contributed by atoms with Gasteiger partial charge in [-0.3, -0.25) is 4.79 Å². The highest BCUT2D eigenvalue weighted by Gasteiger charge is 2.22. The van der Waals surface area contributed by atoms with Gasteiger partial charge in [-0.25, -0.2) is 0 Å². The Morgan fingerprint density at radius 2 is 2.00 bits per heavy atom. The third-order valence-corrected chi connectivity index (χ3v) is 4.28. The standard InChI is InChI=1S/C16H21N3O.ClH/c1-11(12-6-8-17-9-7-12)19-16(20)14-10-18-15-5-3-2-4-13(14)15;/h2-5,10-12,17-18H,6-9H2,1H3,(H,19,20);1H. The van der Waals surface area contributed by atoms with Crippen LogP contribution in [0.1, 0.15) is 30.1 Å². The van der Waals surface area contributed by atoms with Crippen LogP contribution in [0.4, 0.5) is 0 Å². The van der Waals surface area contributed by atoms with Crippen molar-refractivity contribution in [2.24, 2.45) is 5.92 Å². The summed E-state index contributed by atoms with van der Waals surface area (Å²) in [6.07, 6.45) is 4.07. The van der Waals surface area contributed by atoms with Crippen molar-refractivity contribution in [1.29, 1.82) is 0 Å². The number of piperidine rings is 1. The Bertz CT molecular complexity index is 604. The van der Waals surface area contributed by atoms with Crippen LogP contribution >= 0.6 is 12.4 Å². The molecule has 2 aromatic rings. The van der Waals surface area contributed by atoms with E-state index in [-0.39, 0.29) is 24.4 Å². The molecule has 1 aromatic carbocycles. The quantitative estimate of drug-likeness (QED) is 0.816. The Hall–Kier alpha value is -1.52. The van der Waals surface area contributed by atoms with E-state index in [2.05, 4.69) is 22.5 Å². The van der Waals surface area contributed by atoms with Crippen LogP contribution < -0.4 is 10.6 Å². The van der Waals surface area contributed by atoms with E-state index in [9.17, 15) is 4.79 Å². The van der Waals surface area contributed by atoms with E-state index < -0.39 is 0 Å². The number of nitrogens with one attached hydrogen (secondary N) is 3. The topological polar surface area (TPSA) is 56.9 Å². The monoisotopic (exact) mass is 307 g/mol. The van der Waals surface area contributed by atoms with Crippen LogP contribution in [-0.4, -0.2) is 30.0 Å². The zero-order valence-electron chi connectivity index (χ0n) is 12.2. The van der Waals surface area contributed by atoms with Crippen molar-refractivity contribution in [2.75, 3.05) is 13.1 Å². The molecule has 1 amide bonds. The number of carbonyl (C=O) groups excluding carboxylic acids is 1. The van der Waals surface area contributed by atoms with Crippen LogP contribution in [0.5, 0.6) is 0 Å². The summed E-state index contributed by atoms with van der Waals surface area (Å²) < 4.78 is 0. The lowest BCUT2D eigenvalue weighted by atomic mass is 9.91. The van der Waals surface area contributed by atoms with Crippen molar-refractivity contribution < 1.29 is 4.79 Å². The summed E-state index contributed by atoms with van der Waals surface area (Å²) in [6.45, 7) is 4.22. The van der Waals surface area contributed by atoms with Crippen molar-refractivity contribution in [1.82, 2.24) is 15.6 Å². The van der Waals surface area contributed by atoms with Gasteiger partial charge in [0.2, 0.25) is 0 Å². The first-order valence-corrected chi connectivity index (χ1v) is 7.33. The minimum Gasteiger partial charge on any atom is -0.360 e. The van der Waals surface area contributed by atoms with Crippen LogP contribution in [0.3, 0.4) is 0 Å². The summed E-state index contributed by atoms with van der Waals surface area (Å²) in [4.78, 5) is 15.6. The highest BCUT2D eigenvalue weighted by Crippen LogP contribution is 2.20. The smallest absolute Gasteiger partial charge is 0.253 e. The lowest BCUT2D eigenvalue weighted by Crippen LogP contribution is -2.42. The third kappa shape index (κ3) is 3.39. The van der Waals surface area contributed by atoms with Gasteiger partial charge in [-0.05, 0) is 44.8 Å². The molecule has 5 heteroatoms. The molecule has 1 fully saturated rings. The molecule has 21 heavy (non-hydrogen) atoms. The zero-order valence-corrected chi connectivity index (χ0v) is 13.0. The highest BCUT2D eigenvalue weighted by atomic mass is 35.5. The molecule has 114 valence electrons. The van der Waals surface area contributed by atoms with Gasteiger partial charge in [0.05, 0.1) is 5.56 Å². The van der Waals surface area contributed by atoms with E-state index in [0.29, 0.717) is 5.92 Å². The summed E-state index contributed by atoms with van der Waals surface area (Å²) in [5, 5.41) is 7.50. The SMILES string of the molecule is CC(NC(=O)c1c[nH]c2ccccc12)C1CCNCC1.Cl. The molecule has 3 rings (SSSR count). The van der Waals surface area contributed by atoms with Crippen molar-refractivity contribution in [3.63, 3.8) is 0 Å². The fraction of sp³-hybridized carbons (Fsp3) is 0.438. The number of halogens is 1. The number of amides is 1. The average molecular weight is 308 g/mol. The lowest BCUT2D eigenvalue weighted by Gasteiger charge is -2.28. The summed E-state index contributed by atoms with van der Waals surface area (Å²) >= 11 is 0. The summed E-state index contributed by atoms with van der Waals surface area (Å²) in [5.41, 5.74) is 1.74. The number of aromatic amines is 1. The summed E-state index contributed by atoms with van der Waals surface area (Å²) in [7, 11) is 0. The molecular formula is C16H22ClN3O. The van der Waals surface area contributed by atoms with E-state index in [4.69, 9.17) is 0 Å². The summed E-state index contributed by atoms with van der Waals surface area (Å²) in [5.74, 6) is 0.596. The second-order valence-electron chi connectivity index (χ2n) is 5.60. The van der Waals surface area contributed by atoms with E-state index in [1.54, 1.807) is 6.20 Å². The number of carbonyl (C=O) groups is 1. The molecule has 0 aliphatic carbocycles. The average Bonchev–Trinajstić information content (AvgIpc) is 2.92. The second-order valence-corrected chi connectivity index (χ2v) is 5.60. The lowest BCUT2D eigenvalue weighted by molar-refractivity contribution is 0.0922. The molecule has 1 aliphatic rings. The van der Waals surface area contributed by atoms with E-state index in [1.165, 1.54) is 0 Å². The van der Waals surface area contributed by atoms with E-state index in [1.807, 2.05) is 24.3 Å². The van der Waals surface area contributed by atoms with Crippen molar-refractivity contribution in [3.05, 3.63) is 36.0 Å². The predicted molar refractivity (Wildman–Crippen MR) is 88.1 cm³/mol. The third-order valence-electron chi connectivity index (χ3n) is 4.28. The predicted octanol–water partition coefficient (Wildman–Crippen LogP) is 2.71. The first-order chi connectivity index (χ1) is 9.75. The first kappa shape index (κ1) is 15.9. The van der Waals surface area contributed by atoms with Gasteiger partial charge in [-0.1, -0.05) is 18.2 Å². The number of fused-ring (bicyclic) bond motifs is 1. The second kappa shape index (κ2) is 6.96. The molecule has 0 bridgehead atoms. The van der Waals surface area contributed by atoms with Gasteiger partial charge >= 0.3 is 0 Å². The Kier molecular flexibility index (Phi) is 5.26. The fourth-order valence-electron chi connectivity index (χ4n) is 3.01. The van der Waals surface area contributed by atoms with Crippen molar-refractivity contribution in [3.8, 4) is 0 Å². The minimum atomic E-state index is 0. The normalized spacial score (nSPS) is 17.2. The van der Waals surface area contributed by atoms with Gasteiger partial charge < -0.3 is 15.6 Å². The van der Waals surface area contributed by atoms with Crippen molar-refractivity contribution in [2.45, 2.75) is 25.8 Å². The maximum atomic E-state index is 12.4. The zero-order chi connectivity index (χ0) is 13.9. The van der Waals surface area contributed by atoms with Gasteiger partial charge in [-0.15, -0.1) is 12.4 Å². The Balaban J connectivity index is 0.00000161.